The molecule has 0 amide bonds. The summed E-state index contributed by atoms with van der Waals surface area (Å²) in [5, 5.41) is 9.49. The Kier molecular flexibility index (Phi) is 3.40. The largest absolute Gasteiger partial charge is 0.508 e. The molecule has 3 nitrogen and oxygen atoms in total. The second kappa shape index (κ2) is 5.07. The SMILES string of the molecule is N[C@H]1CC(c2cc(O)cc(F)c2)Oc2ccc(Br)cc21. The van der Waals surface area contributed by atoms with Gasteiger partial charge in [-0.2, -0.15) is 0 Å². The molecule has 0 saturated heterocycles. The summed E-state index contributed by atoms with van der Waals surface area (Å²) in [5.74, 6) is 0.0956. The molecule has 0 saturated carbocycles. The number of fused-ring (bicyclic) bond motifs is 1. The quantitative estimate of drug-likeness (QED) is 0.831. The number of ether oxygens (including phenoxy) is 1. The van der Waals surface area contributed by atoms with Gasteiger partial charge in [-0.05, 0) is 35.9 Å². The van der Waals surface area contributed by atoms with Crippen LogP contribution in [0.25, 0.3) is 0 Å². The van der Waals surface area contributed by atoms with Crippen LogP contribution in [0.5, 0.6) is 11.5 Å². The van der Waals surface area contributed by atoms with Crippen molar-refractivity contribution in [2.45, 2.75) is 18.6 Å². The third-order valence-electron chi connectivity index (χ3n) is 3.39. The molecule has 3 N–H and O–H groups in total. The number of halogens is 2. The Morgan fingerprint density at radius 2 is 2.05 bits per heavy atom. The van der Waals surface area contributed by atoms with Crippen molar-refractivity contribution in [3.05, 3.63) is 57.8 Å². The van der Waals surface area contributed by atoms with Gasteiger partial charge in [0.15, 0.2) is 0 Å². The van der Waals surface area contributed by atoms with Gasteiger partial charge in [-0.1, -0.05) is 15.9 Å². The molecular weight excluding hydrogens is 325 g/mol. The summed E-state index contributed by atoms with van der Waals surface area (Å²) in [6.45, 7) is 0. The summed E-state index contributed by atoms with van der Waals surface area (Å²) in [4.78, 5) is 0. The van der Waals surface area contributed by atoms with Gasteiger partial charge in [0.05, 0.1) is 0 Å². The van der Waals surface area contributed by atoms with Gasteiger partial charge in [-0.25, -0.2) is 4.39 Å². The van der Waals surface area contributed by atoms with E-state index in [1.165, 1.54) is 12.1 Å². The van der Waals surface area contributed by atoms with Gasteiger partial charge in [-0.3, -0.25) is 0 Å². The first-order valence-electron chi connectivity index (χ1n) is 6.24. The van der Waals surface area contributed by atoms with Crippen molar-refractivity contribution >= 4 is 15.9 Å². The Bertz CT molecular complexity index is 642. The molecule has 0 radical (unpaired) electrons. The van der Waals surface area contributed by atoms with E-state index in [9.17, 15) is 9.50 Å². The van der Waals surface area contributed by atoms with Crippen LogP contribution >= 0.6 is 15.9 Å². The van der Waals surface area contributed by atoms with Crippen LogP contribution in [0.4, 0.5) is 4.39 Å². The smallest absolute Gasteiger partial charge is 0.127 e. The number of hydrogen-bond acceptors (Lipinski definition) is 3. The second-order valence-electron chi connectivity index (χ2n) is 4.87. The van der Waals surface area contributed by atoms with Gasteiger partial charge in [0, 0.05) is 28.6 Å². The molecule has 20 heavy (non-hydrogen) atoms. The number of nitrogens with two attached hydrogens (primary N) is 1. The topological polar surface area (TPSA) is 55.5 Å². The summed E-state index contributed by atoms with van der Waals surface area (Å²) in [7, 11) is 0. The number of hydrogen-bond donors (Lipinski definition) is 2. The van der Waals surface area contributed by atoms with E-state index in [0.717, 1.165) is 16.1 Å². The predicted octanol–water partition coefficient (Wildman–Crippen LogP) is 3.82. The van der Waals surface area contributed by atoms with Crippen LogP contribution in [-0.4, -0.2) is 5.11 Å². The standard InChI is InChI=1S/C15H13BrFNO2/c16-9-1-2-14-12(5-9)13(18)7-15(20-14)8-3-10(17)6-11(19)4-8/h1-6,13,15,19H,7,18H2/t13-,15?/m0/s1. The van der Waals surface area contributed by atoms with E-state index in [2.05, 4.69) is 15.9 Å². The van der Waals surface area contributed by atoms with Crippen LogP contribution in [0.15, 0.2) is 40.9 Å². The third-order valence-corrected chi connectivity index (χ3v) is 3.88. The van der Waals surface area contributed by atoms with Gasteiger partial charge in [0.1, 0.15) is 23.4 Å². The van der Waals surface area contributed by atoms with Crippen LogP contribution < -0.4 is 10.5 Å². The van der Waals surface area contributed by atoms with E-state index < -0.39 is 5.82 Å². The Morgan fingerprint density at radius 3 is 2.80 bits per heavy atom. The molecule has 2 atom stereocenters. The molecule has 0 aliphatic carbocycles. The fraction of sp³-hybridized carbons (Fsp3) is 0.200. The highest BCUT2D eigenvalue weighted by atomic mass is 79.9. The molecule has 104 valence electrons. The van der Waals surface area contributed by atoms with Gasteiger partial charge >= 0.3 is 0 Å². The minimum Gasteiger partial charge on any atom is -0.508 e. The first kappa shape index (κ1) is 13.4. The zero-order valence-electron chi connectivity index (χ0n) is 10.5. The third kappa shape index (κ3) is 2.51. The zero-order chi connectivity index (χ0) is 14.3. The molecule has 0 aromatic heterocycles. The Hall–Kier alpha value is -1.59. The maximum Gasteiger partial charge on any atom is 0.127 e. The highest BCUT2D eigenvalue weighted by molar-refractivity contribution is 9.10. The number of phenolic OH excluding ortho intramolecular Hbond substituents is 1. The van der Waals surface area contributed by atoms with Crippen molar-refractivity contribution in [2.75, 3.05) is 0 Å². The van der Waals surface area contributed by atoms with E-state index in [4.69, 9.17) is 10.5 Å². The molecule has 1 aliphatic heterocycles. The molecule has 2 aromatic rings. The van der Waals surface area contributed by atoms with Crippen LogP contribution in [0, 0.1) is 5.82 Å². The summed E-state index contributed by atoms with van der Waals surface area (Å²) in [6.07, 6.45) is 0.173. The van der Waals surface area contributed by atoms with E-state index in [-0.39, 0.29) is 17.9 Å². The molecule has 1 aliphatic rings. The minimum absolute atomic E-state index is 0.112. The fourth-order valence-electron chi connectivity index (χ4n) is 2.46. The number of phenols is 1. The molecule has 2 aromatic carbocycles. The summed E-state index contributed by atoms with van der Waals surface area (Å²) >= 11 is 3.40. The Labute approximate surface area is 124 Å². The molecule has 5 heteroatoms. The fourth-order valence-corrected chi connectivity index (χ4v) is 2.84. The second-order valence-corrected chi connectivity index (χ2v) is 5.79. The van der Waals surface area contributed by atoms with Crippen LogP contribution in [0.2, 0.25) is 0 Å². The van der Waals surface area contributed by atoms with Crippen molar-refractivity contribution in [1.82, 2.24) is 0 Å². The van der Waals surface area contributed by atoms with Crippen molar-refractivity contribution in [2.24, 2.45) is 5.73 Å². The predicted molar refractivity (Wildman–Crippen MR) is 77.1 cm³/mol. The minimum atomic E-state index is -0.487. The van der Waals surface area contributed by atoms with Crippen LogP contribution in [-0.2, 0) is 0 Å². The lowest BCUT2D eigenvalue weighted by atomic mass is 9.93. The normalized spacial score (nSPS) is 21.1. The monoisotopic (exact) mass is 337 g/mol. The number of benzene rings is 2. The average Bonchev–Trinajstić information content (AvgIpc) is 2.38. The maximum absolute atomic E-state index is 13.4. The maximum atomic E-state index is 13.4. The highest BCUT2D eigenvalue weighted by Crippen LogP contribution is 2.41. The lowest BCUT2D eigenvalue weighted by Crippen LogP contribution is -2.24. The van der Waals surface area contributed by atoms with E-state index >= 15 is 0 Å². The van der Waals surface area contributed by atoms with Crippen LogP contribution in [0.3, 0.4) is 0 Å². The first-order chi connectivity index (χ1) is 9.52. The summed E-state index contributed by atoms with van der Waals surface area (Å²) in [6, 6.07) is 9.38. The first-order valence-corrected chi connectivity index (χ1v) is 7.03. The Morgan fingerprint density at radius 1 is 1.25 bits per heavy atom. The van der Waals surface area contributed by atoms with E-state index in [0.29, 0.717) is 17.7 Å². The van der Waals surface area contributed by atoms with Crippen molar-refractivity contribution in [3.63, 3.8) is 0 Å². The molecule has 0 spiro atoms. The average molecular weight is 338 g/mol. The summed E-state index contributed by atoms with van der Waals surface area (Å²) in [5.41, 5.74) is 7.68. The van der Waals surface area contributed by atoms with Crippen LogP contribution in [0.1, 0.15) is 29.7 Å². The zero-order valence-corrected chi connectivity index (χ0v) is 12.1. The van der Waals surface area contributed by atoms with Gasteiger partial charge in [0.25, 0.3) is 0 Å². The van der Waals surface area contributed by atoms with Crippen molar-refractivity contribution < 1.29 is 14.2 Å². The van der Waals surface area contributed by atoms with Gasteiger partial charge in [-0.15, -0.1) is 0 Å². The van der Waals surface area contributed by atoms with Gasteiger partial charge in [0.2, 0.25) is 0 Å². The van der Waals surface area contributed by atoms with E-state index in [1.54, 1.807) is 0 Å². The van der Waals surface area contributed by atoms with Crippen molar-refractivity contribution in [1.29, 1.82) is 0 Å². The molecule has 0 bridgehead atoms. The molecule has 1 unspecified atom stereocenters. The summed E-state index contributed by atoms with van der Waals surface area (Å²) < 4.78 is 20.2. The molecule has 0 fully saturated rings. The number of rotatable bonds is 1. The van der Waals surface area contributed by atoms with Crippen molar-refractivity contribution in [3.8, 4) is 11.5 Å². The molecular formula is C15H13BrFNO2. The van der Waals surface area contributed by atoms with Gasteiger partial charge < -0.3 is 15.6 Å². The van der Waals surface area contributed by atoms with E-state index in [1.807, 2.05) is 18.2 Å². The lowest BCUT2D eigenvalue weighted by Gasteiger charge is -2.30. The lowest BCUT2D eigenvalue weighted by molar-refractivity contribution is 0.161. The highest BCUT2D eigenvalue weighted by Gasteiger charge is 2.27. The molecule has 1 heterocycles. The molecule has 3 rings (SSSR count). The number of aromatic hydroxyl groups is 1. The Balaban J connectivity index is 1.96.